The van der Waals surface area contributed by atoms with Crippen LogP contribution in [0.5, 0.6) is 0 Å². The van der Waals surface area contributed by atoms with Gasteiger partial charge in [-0.3, -0.25) is 9.59 Å². The molecule has 0 aliphatic carbocycles. The lowest BCUT2D eigenvalue weighted by Crippen LogP contribution is -2.29. The van der Waals surface area contributed by atoms with E-state index in [1.54, 1.807) is 30.6 Å². The van der Waals surface area contributed by atoms with Gasteiger partial charge in [0.25, 0.3) is 5.91 Å². The topological polar surface area (TPSA) is 87.2 Å². The summed E-state index contributed by atoms with van der Waals surface area (Å²) >= 11 is 0. The molecular formula is C19H23N5O2. The van der Waals surface area contributed by atoms with Crippen LogP contribution in [0, 0.1) is 0 Å². The minimum absolute atomic E-state index is 0.0145. The summed E-state index contributed by atoms with van der Waals surface area (Å²) in [5.74, 6) is 1.51. The molecule has 1 aliphatic heterocycles. The third-order valence-electron chi connectivity index (χ3n) is 4.35. The van der Waals surface area contributed by atoms with E-state index >= 15 is 0 Å². The van der Waals surface area contributed by atoms with Gasteiger partial charge in [-0.15, -0.1) is 0 Å². The lowest BCUT2D eigenvalue weighted by Gasteiger charge is -2.16. The summed E-state index contributed by atoms with van der Waals surface area (Å²) in [6, 6.07) is 8.58. The number of rotatable bonds is 7. The Bertz CT molecular complexity index is 770. The first-order valence-corrected chi connectivity index (χ1v) is 8.83. The van der Waals surface area contributed by atoms with E-state index in [4.69, 9.17) is 0 Å². The van der Waals surface area contributed by atoms with Gasteiger partial charge in [-0.25, -0.2) is 9.97 Å². The van der Waals surface area contributed by atoms with Crippen LogP contribution in [0.25, 0.3) is 0 Å². The second-order valence-electron chi connectivity index (χ2n) is 6.27. The van der Waals surface area contributed by atoms with Crippen molar-refractivity contribution in [3.63, 3.8) is 0 Å². The van der Waals surface area contributed by atoms with Crippen molar-refractivity contribution in [2.24, 2.45) is 0 Å². The summed E-state index contributed by atoms with van der Waals surface area (Å²) in [6.45, 7) is 4.61. The molecule has 1 aromatic carbocycles. The van der Waals surface area contributed by atoms with Gasteiger partial charge in [-0.05, 0) is 31.9 Å². The Labute approximate surface area is 152 Å². The molecule has 2 aromatic rings. The van der Waals surface area contributed by atoms with Crippen LogP contribution in [-0.4, -0.2) is 47.8 Å². The third-order valence-corrected chi connectivity index (χ3v) is 4.35. The molecule has 1 fully saturated rings. The van der Waals surface area contributed by atoms with Gasteiger partial charge in [0.05, 0.1) is 0 Å². The average Bonchev–Trinajstić information content (AvgIpc) is 3.20. The van der Waals surface area contributed by atoms with E-state index in [-0.39, 0.29) is 11.7 Å². The van der Waals surface area contributed by atoms with Gasteiger partial charge in [0.1, 0.15) is 18.0 Å². The highest BCUT2D eigenvalue weighted by atomic mass is 16.1. The van der Waals surface area contributed by atoms with Crippen molar-refractivity contribution in [3.8, 4) is 0 Å². The Morgan fingerprint density at radius 1 is 1.04 bits per heavy atom. The maximum Gasteiger partial charge on any atom is 0.251 e. The minimum Gasteiger partial charge on any atom is -0.368 e. The van der Waals surface area contributed by atoms with E-state index < -0.39 is 0 Å². The van der Waals surface area contributed by atoms with Crippen molar-refractivity contribution in [2.45, 2.75) is 19.8 Å². The number of Topliss-reactive ketones (excluding diaryl/α,β-unsaturated/α-hetero) is 1. The molecule has 3 rings (SSSR count). The lowest BCUT2D eigenvalue weighted by atomic mass is 10.1. The van der Waals surface area contributed by atoms with E-state index in [1.165, 1.54) is 19.8 Å². The first kappa shape index (κ1) is 17.8. The summed E-state index contributed by atoms with van der Waals surface area (Å²) in [5, 5.41) is 6.05. The summed E-state index contributed by atoms with van der Waals surface area (Å²) < 4.78 is 0. The fourth-order valence-electron chi connectivity index (χ4n) is 2.89. The number of nitrogens with one attached hydrogen (secondary N) is 2. The quantitative estimate of drug-likeness (QED) is 0.586. The fraction of sp³-hybridized carbons (Fsp3) is 0.368. The maximum atomic E-state index is 12.1. The number of amides is 1. The Morgan fingerprint density at radius 2 is 1.73 bits per heavy atom. The molecule has 7 nitrogen and oxygen atoms in total. The summed E-state index contributed by atoms with van der Waals surface area (Å²) in [7, 11) is 0. The van der Waals surface area contributed by atoms with Gasteiger partial charge < -0.3 is 15.5 Å². The van der Waals surface area contributed by atoms with Crippen molar-refractivity contribution in [3.05, 3.63) is 47.8 Å². The molecule has 0 bridgehead atoms. The molecule has 1 amide bonds. The van der Waals surface area contributed by atoms with E-state index in [0.29, 0.717) is 24.2 Å². The summed E-state index contributed by atoms with van der Waals surface area (Å²) in [5.41, 5.74) is 1.13. The predicted octanol–water partition coefficient (Wildman–Crippen LogP) is 2.12. The highest BCUT2D eigenvalue weighted by Crippen LogP contribution is 2.19. The summed E-state index contributed by atoms with van der Waals surface area (Å²) in [4.78, 5) is 34.2. The standard InChI is InChI=1S/C19H23N5O2/c1-14(25)15-4-6-16(7-5-15)19(26)21-9-8-20-17-12-18(23-13-22-17)24-10-2-3-11-24/h4-7,12-13H,2-3,8-11H2,1H3,(H,21,26)(H,20,22,23). The lowest BCUT2D eigenvalue weighted by molar-refractivity contribution is 0.0953. The molecule has 1 aliphatic rings. The second-order valence-corrected chi connectivity index (χ2v) is 6.27. The van der Waals surface area contributed by atoms with Crippen LogP contribution < -0.4 is 15.5 Å². The molecule has 0 saturated carbocycles. The number of ketones is 1. The van der Waals surface area contributed by atoms with Crippen LogP contribution in [0.4, 0.5) is 11.6 Å². The zero-order valence-corrected chi connectivity index (χ0v) is 14.9. The highest BCUT2D eigenvalue weighted by Gasteiger charge is 2.14. The molecule has 0 spiro atoms. The Hall–Kier alpha value is -2.96. The van der Waals surface area contributed by atoms with Crippen LogP contribution in [0.1, 0.15) is 40.5 Å². The largest absolute Gasteiger partial charge is 0.368 e. The molecular weight excluding hydrogens is 330 g/mol. The summed E-state index contributed by atoms with van der Waals surface area (Å²) in [6.07, 6.45) is 3.96. The number of aromatic nitrogens is 2. The minimum atomic E-state index is -0.164. The molecule has 0 unspecified atom stereocenters. The first-order chi connectivity index (χ1) is 12.6. The van der Waals surface area contributed by atoms with Gasteiger partial charge in [-0.2, -0.15) is 0 Å². The van der Waals surface area contributed by atoms with E-state index in [0.717, 1.165) is 24.7 Å². The van der Waals surface area contributed by atoms with Gasteiger partial charge >= 0.3 is 0 Å². The van der Waals surface area contributed by atoms with Gasteiger partial charge in [0.15, 0.2) is 5.78 Å². The van der Waals surface area contributed by atoms with Gasteiger partial charge in [-0.1, -0.05) is 12.1 Å². The van der Waals surface area contributed by atoms with Crippen molar-refractivity contribution >= 4 is 23.3 Å². The van der Waals surface area contributed by atoms with Crippen LogP contribution >= 0.6 is 0 Å². The first-order valence-electron chi connectivity index (χ1n) is 8.83. The molecule has 26 heavy (non-hydrogen) atoms. The smallest absolute Gasteiger partial charge is 0.251 e. The Morgan fingerprint density at radius 3 is 2.42 bits per heavy atom. The molecule has 2 N–H and O–H groups in total. The zero-order chi connectivity index (χ0) is 18.4. The zero-order valence-electron chi connectivity index (χ0n) is 14.9. The van der Waals surface area contributed by atoms with Crippen LogP contribution in [0.2, 0.25) is 0 Å². The second kappa shape index (κ2) is 8.42. The van der Waals surface area contributed by atoms with Crippen LogP contribution in [0.3, 0.4) is 0 Å². The predicted molar refractivity (Wildman–Crippen MR) is 101 cm³/mol. The number of nitrogens with zero attached hydrogens (tertiary/aromatic N) is 3. The van der Waals surface area contributed by atoms with Crippen molar-refractivity contribution in [1.29, 1.82) is 0 Å². The van der Waals surface area contributed by atoms with E-state index in [9.17, 15) is 9.59 Å². The van der Waals surface area contributed by atoms with Crippen molar-refractivity contribution < 1.29 is 9.59 Å². The molecule has 0 atom stereocenters. The number of hydrogen-bond donors (Lipinski definition) is 2. The Balaban J connectivity index is 1.45. The van der Waals surface area contributed by atoms with Gasteiger partial charge in [0.2, 0.25) is 0 Å². The maximum absolute atomic E-state index is 12.1. The normalized spacial score (nSPS) is 13.5. The van der Waals surface area contributed by atoms with Crippen LogP contribution in [0.15, 0.2) is 36.7 Å². The number of carbonyl (C=O) groups excluding carboxylic acids is 2. The third kappa shape index (κ3) is 4.56. The number of hydrogen-bond acceptors (Lipinski definition) is 6. The molecule has 1 saturated heterocycles. The molecule has 7 heteroatoms. The van der Waals surface area contributed by atoms with E-state index in [1.807, 2.05) is 6.07 Å². The number of anilines is 2. The van der Waals surface area contributed by atoms with E-state index in [2.05, 4.69) is 25.5 Å². The molecule has 2 heterocycles. The average molecular weight is 353 g/mol. The molecule has 136 valence electrons. The number of carbonyl (C=O) groups is 2. The van der Waals surface area contributed by atoms with Gasteiger partial charge in [0, 0.05) is 43.4 Å². The highest BCUT2D eigenvalue weighted by molar-refractivity contribution is 5.97. The SMILES string of the molecule is CC(=O)c1ccc(C(=O)NCCNc2cc(N3CCCC3)ncn2)cc1. The Kier molecular flexibility index (Phi) is 5.78. The van der Waals surface area contributed by atoms with Crippen molar-refractivity contribution in [1.82, 2.24) is 15.3 Å². The van der Waals surface area contributed by atoms with Crippen molar-refractivity contribution in [2.75, 3.05) is 36.4 Å². The monoisotopic (exact) mass is 353 g/mol. The van der Waals surface area contributed by atoms with Crippen LogP contribution in [-0.2, 0) is 0 Å². The molecule has 0 radical (unpaired) electrons. The molecule has 1 aromatic heterocycles. The fourth-order valence-corrected chi connectivity index (χ4v) is 2.89. The number of benzene rings is 1.